The Labute approximate surface area is 193 Å². The maximum absolute atomic E-state index is 12.5. The fourth-order valence-corrected chi connectivity index (χ4v) is 4.78. The molecule has 0 aromatic heterocycles. The highest BCUT2D eigenvalue weighted by Crippen LogP contribution is 2.43. The lowest BCUT2D eigenvalue weighted by atomic mass is 9.64. The van der Waals surface area contributed by atoms with E-state index >= 15 is 0 Å². The monoisotopic (exact) mass is 451 g/mol. The Bertz CT molecular complexity index is 998. The van der Waals surface area contributed by atoms with E-state index in [9.17, 15) is 19.7 Å². The second kappa shape index (κ2) is 10.0. The van der Waals surface area contributed by atoms with E-state index in [1.54, 1.807) is 18.2 Å². The molecule has 2 fully saturated rings. The van der Waals surface area contributed by atoms with Gasteiger partial charge in [-0.05, 0) is 37.3 Å². The second-order valence-electron chi connectivity index (χ2n) is 8.89. The Morgan fingerprint density at radius 2 is 1.73 bits per heavy atom. The Kier molecular flexibility index (Phi) is 6.91. The third-order valence-electron chi connectivity index (χ3n) is 6.91. The lowest BCUT2D eigenvalue weighted by molar-refractivity contribution is -0.384. The van der Waals surface area contributed by atoms with Crippen LogP contribution in [0.4, 0.5) is 11.4 Å². The number of esters is 1. The summed E-state index contributed by atoms with van der Waals surface area (Å²) < 4.78 is 5.29. The largest absolute Gasteiger partial charge is 0.455 e. The SMILES string of the molecule is O=C(COC(=O)C1CCN(c2ccccc2[N+](=O)[O-])CC1)NCC1(c2ccccc2)CCC1. The van der Waals surface area contributed by atoms with Crippen LogP contribution in [0.25, 0.3) is 0 Å². The molecule has 33 heavy (non-hydrogen) atoms. The molecule has 8 nitrogen and oxygen atoms in total. The minimum Gasteiger partial charge on any atom is -0.455 e. The van der Waals surface area contributed by atoms with Crippen molar-refractivity contribution in [3.63, 3.8) is 0 Å². The van der Waals surface area contributed by atoms with Crippen LogP contribution < -0.4 is 10.2 Å². The molecule has 1 N–H and O–H groups in total. The van der Waals surface area contributed by atoms with Gasteiger partial charge in [-0.25, -0.2) is 0 Å². The molecular formula is C25H29N3O5. The number of amides is 1. The van der Waals surface area contributed by atoms with Crippen LogP contribution in [0.3, 0.4) is 0 Å². The Hall–Kier alpha value is -3.42. The normalized spacial score (nSPS) is 17.6. The molecule has 0 spiro atoms. The van der Waals surface area contributed by atoms with E-state index in [1.807, 2.05) is 23.1 Å². The Balaban J connectivity index is 1.22. The number of nitrogens with zero attached hydrogens (tertiary/aromatic N) is 2. The van der Waals surface area contributed by atoms with Gasteiger partial charge in [0, 0.05) is 31.1 Å². The van der Waals surface area contributed by atoms with E-state index in [-0.39, 0.29) is 40.4 Å². The topological polar surface area (TPSA) is 102 Å². The zero-order chi connectivity index (χ0) is 23.3. The maximum Gasteiger partial charge on any atom is 0.309 e. The first-order valence-electron chi connectivity index (χ1n) is 11.5. The highest BCUT2D eigenvalue weighted by molar-refractivity contribution is 5.81. The molecule has 174 valence electrons. The first-order chi connectivity index (χ1) is 16.0. The maximum atomic E-state index is 12.5. The van der Waals surface area contributed by atoms with Gasteiger partial charge in [0.15, 0.2) is 6.61 Å². The van der Waals surface area contributed by atoms with Crippen molar-refractivity contribution in [2.75, 3.05) is 31.1 Å². The number of hydrogen-bond donors (Lipinski definition) is 1. The summed E-state index contributed by atoms with van der Waals surface area (Å²) in [5, 5.41) is 14.2. The van der Waals surface area contributed by atoms with Crippen molar-refractivity contribution in [1.29, 1.82) is 0 Å². The zero-order valence-corrected chi connectivity index (χ0v) is 18.6. The van der Waals surface area contributed by atoms with E-state index in [1.165, 1.54) is 11.6 Å². The second-order valence-corrected chi connectivity index (χ2v) is 8.89. The molecule has 1 aliphatic carbocycles. The molecule has 0 bridgehead atoms. The van der Waals surface area contributed by atoms with Gasteiger partial charge in [-0.15, -0.1) is 0 Å². The summed E-state index contributed by atoms with van der Waals surface area (Å²) in [6, 6.07) is 16.8. The number of rotatable bonds is 8. The molecule has 1 heterocycles. The van der Waals surface area contributed by atoms with Crippen LogP contribution in [-0.4, -0.2) is 43.0 Å². The van der Waals surface area contributed by atoms with Gasteiger partial charge in [0.05, 0.1) is 10.8 Å². The smallest absolute Gasteiger partial charge is 0.309 e. The fraction of sp³-hybridized carbons (Fsp3) is 0.440. The van der Waals surface area contributed by atoms with Gasteiger partial charge < -0.3 is 15.0 Å². The quantitative estimate of drug-likeness (QED) is 0.374. The number of nitro benzene ring substituents is 1. The standard InChI is InChI=1S/C25H29N3O5/c29-23(26-18-25(13-6-14-25)20-7-2-1-3-8-20)17-33-24(30)19-11-15-27(16-12-19)21-9-4-5-10-22(21)28(31)32/h1-5,7-10,19H,6,11-18H2,(H,26,29). The molecular weight excluding hydrogens is 422 g/mol. The molecule has 0 radical (unpaired) electrons. The average Bonchev–Trinajstić information content (AvgIpc) is 2.82. The number of piperidine rings is 1. The van der Waals surface area contributed by atoms with Crippen molar-refractivity contribution in [2.24, 2.45) is 5.92 Å². The third kappa shape index (κ3) is 5.16. The molecule has 2 aliphatic rings. The first kappa shape index (κ1) is 22.8. The van der Waals surface area contributed by atoms with Crippen LogP contribution in [0.15, 0.2) is 54.6 Å². The van der Waals surface area contributed by atoms with Crippen LogP contribution >= 0.6 is 0 Å². The van der Waals surface area contributed by atoms with Crippen LogP contribution in [0.2, 0.25) is 0 Å². The molecule has 0 atom stereocenters. The van der Waals surface area contributed by atoms with Gasteiger partial charge in [-0.3, -0.25) is 19.7 Å². The summed E-state index contributed by atoms with van der Waals surface area (Å²) in [7, 11) is 0. The average molecular weight is 452 g/mol. The number of hydrogen-bond acceptors (Lipinski definition) is 6. The molecule has 1 saturated heterocycles. The van der Waals surface area contributed by atoms with Crippen LogP contribution in [0.5, 0.6) is 0 Å². The van der Waals surface area contributed by atoms with E-state index in [0.29, 0.717) is 38.2 Å². The number of anilines is 1. The van der Waals surface area contributed by atoms with E-state index in [2.05, 4.69) is 17.4 Å². The highest BCUT2D eigenvalue weighted by Gasteiger charge is 2.38. The minimum absolute atomic E-state index is 0.0200. The van der Waals surface area contributed by atoms with Crippen molar-refractivity contribution in [3.05, 3.63) is 70.3 Å². The van der Waals surface area contributed by atoms with Gasteiger partial charge in [0.1, 0.15) is 5.69 Å². The Morgan fingerprint density at radius 1 is 1.06 bits per heavy atom. The molecule has 4 rings (SSSR count). The molecule has 1 amide bonds. The number of para-hydroxylation sites is 2. The number of nitro groups is 1. The molecule has 2 aromatic carbocycles. The first-order valence-corrected chi connectivity index (χ1v) is 11.5. The molecule has 1 aliphatic heterocycles. The molecule has 2 aromatic rings. The minimum atomic E-state index is -0.389. The predicted octanol–water partition coefficient (Wildman–Crippen LogP) is 3.59. The van der Waals surface area contributed by atoms with Gasteiger partial charge in [-0.2, -0.15) is 0 Å². The fourth-order valence-electron chi connectivity index (χ4n) is 4.78. The van der Waals surface area contributed by atoms with E-state index < -0.39 is 0 Å². The number of nitrogens with one attached hydrogen (secondary N) is 1. The van der Waals surface area contributed by atoms with Crippen molar-refractivity contribution >= 4 is 23.3 Å². The number of benzene rings is 2. The number of carbonyl (C=O) groups excluding carboxylic acids is 2. The summed E-state index contributed by atoms with van der Waals surface area (Å²) in [6.45, 7) is 1.31. The number of ether oxygens (including phenoxy) is 1. The van der Waals surface area contributed by atoms with Crippen molar-refractivity contribution < 1.29 is 19.2 Å². The summed E-state index contributed by atoms with van der Waals surface area (Å²) in [5.41, 5.74) is 1.85. The molecule has 1 saturated carbocycles. The van der Waals surface area contributed by atoms with Gasteiger partial charge >= 0.3 is 5.97 Å². The molecule has 8 heteroatoms. The van der Waals surface area contributed by atoms with E-state index in [0.717, 1.165) is 19.3 Å². The van der Waals surface area contributed by atoms with Crippen molar-refractivity contribution in [2.45, 2.75) is 37.5 Å². The number of carbonyl (C=O) groups is 2. The Morgan fingerprint density at radius 3 is 2.36 bits per heavy atom. The zero-order valence-electron chi connectivity index (χ0n) is 18.6. The lowest BCUT2D eigenvalue weighted by Gasteiger charge is -2.42. The summed E-state index contributed by atoms with van der Waals surface area (Å²) in [4.78, 5) is 37.6. The molecule has 0 unspecified atom stereocenters. The van der Waals surface area contributed by atoms with Crippen LogP contribution in [0.1, 0.15) is 37.7 Å². The highest BCUT2D eigenvalue weighted by atomic mass is 16.6. The van der Waals surface area contributed by atoms with E-state index in [4.69, 9.17) is 4.74 Å². The predicted molar refractivity (Wildman–Crippen MR) is 124 cm³/mol. The van der Waals surface area contributed by atoms with Crippen LogP contribution in [0, 0.1) is 16.0 Å². The lowest BCUT2D eigenvalue weighted by Crippen LogP contribution is -2.46. The summed E-state index contributed by atoms with van der Waals surface area (Å²) in [5.74, 6) is -0.976. The van der Waals surface area contributed by atoms with Crippen LogP contribution in [-0.2, 0) is 19.7 Å². The van der Waals surface area contributed by atoms with Crippen molar-refractivity contribution in [1.82, 2.24) is 5.32 Å². The summed E-state index contributed by atoms with van der Waals surface area (Å²) in [6.07, 6.45) is 4.28. The van der Waals surface area contributed by atoms with Gasteiger partial charge in [0.2, 0.25) is 0 Å². The van der Waals surface area contributed by atoms with Gasteiger partial charge in [0.25, 0.3) is 11.6 Å². The van der Waals surface area contributed by atoms with Crippen molar-refractivity contribution in [3.8, 4) is 0 Å². The van der Waals surface area contributed by atoms with Gasteiger partial charge in [-0.1, -0.05) is 48.9 Å². The summed E-state index contributed by atoms with van der Waals surface area (Å²) >= 11 is 0. The third-order valence-corrected chi connectivity index (χ3v) is 6.91.